The number of nitrogens with zero attached hydrogens (tertiary/aromatic N) is 1. The molecule has 4 nitrogen and oxygen atoms in total. The van der Waals surface area contributed by atoms with Crippen molar-refractivity contribution < 1.29 is 4.79 Å². The molecule has 2 rings (SSSR count). The Kier molecular flexibility index (Phi) is 1.65. The Morgan fingerprint density at radius 1 is 1.64 bits per heavy atom. The molecule has 0 aliphatic carbocycles. The monoisotopic (exact) mass is 175 g/mol. The van der Waals surface area contributed by atoms with Crippen molar-refractivity contribution in [3.8, 4) is 0 Å². The average molecular weight is 176 g/mol. The zero-order valence-electron chi connectivity index (χ0n) is 6.01. The molecule has 2 N–H and O–H groups in total. The van der Waals surface area contributed by atoms with Crippen LogP contribution < -0.4 is 10.9 Å². The van der Waals surface area contributed by atoms with Crippen molar-refractivity contribution in [3.05, 3.63) is 0 Å². The molecule has 0 aromatic heterocycles. The topological polar surface area (TPSA) is 44.4 Å². The van der Waals surface area contributed by atoms with Crippen LogP contribution in [-0.2, 0) is 0 Å². The second-order valence-corrected chi connectivity index (χ2v) is 3.52. The van der Waals surface area contributed by atoms with E-state index >= 15 is 0 Å². The first-order valence-corrected chi connectivity index (χ1v) is 4.17. The van der Waals surface area contributed by atoms with Gasteiger partial charge in [0.15, 0.2) is 0 Å². The molecule has 2 amide bonds. The van der Waals surface area contributed by atoms with Gasteiger partial charge in [0.1, 0.15) is 6.17 Å². The van der Waals surface area contributed by atoms with Crippen LogP contribution >= 0.6 is 11.6 Å². The summed E-state index contributed by atoms with van der Waals surface area (Å²) in [6.45, 7) is 0.762. The van der Waals surface area contributed by atoms with E-state index in [-0.39, 0.29) is 17.6 Å². The number of alkyl halides is 1. The van der Waals surface area contributed by atoms with Gasteiger partial charge in [-0.3, -0.25) is 5.43 Å². The summed E-state index contributed by atoms with van der Waals surface area (Å²) in [4.78, 5) is 12.8. The molecule has 5 heteroatoms. The highest BCUT2D eigenvalue weighted by atomic mass is 35.5. The van der Waals surface area contributed by atoms with E-state index in [2.05, 4.69) is 10.9 Å². The van der Waals surface area contributed by atoms with Crippen LogP contribution in [0.5, 0.6) is 0 Å². The number of halogens is 1. The fourth-order valence-corrected chi connectivity index (χ4v) is 1.79. The second-order valence-electron chi connectivity index (χ2n) is 2.91. The summed E-state index contributed by atoms with van der Waals surface area (Å²) in [5, 5.41) is 0.205. The summed E-state index contributed by atoms with van der Waals surface area (Å²) < 4.78 is 0. The van der Waals surface area contributed by atoms with Gasteiger partial charge in [-0.25, -0.2) is 10.2 Å². The maximum Gasteiger partial charge on any atom is 0.333 e. The summed E-state index contributed by atoms with van der Waals surface area (Å²) in [5.74, 6) is 0. The summed E-state index contributed by atoms with van der Waals surface area (Å²) >= 11 is 5.93. The molecule has 62 valence electrons. The van der Waals surface area contributed by atoms with Crippen molar-refractivity contribution in [1.29, 1.82) is 0 Å². The van der Waals surface area contributed by atoms with E-state index in [9.17, 15) is 4.79 Å². The number of urea groups is 1. The molecule has 0 aromatic rings. The van der Waals surface area contributed by atoms with Crippen LogP contribution in [0.15, 0.2) is 0 Å². The SMILES string of the molecule is O=C1NNC2CC(Cl)CCN12. The average Bonchev–Trinajstić information content (AvgIpc) is 2.32. The van der Waals surface area contributed by atoms with Crippen LogP contribution in [0.25, 0.3) is 0 Å². The molecular weight excluding hydrogens is 166 g/mol. The Balaban J connectivity index is 2.06. The number of hydrogen-bond acceptors (Lipinski definition) is 2. The van der Waals surface area contributed by atoms with Gasteiger partial charge in [0.2, 0.25) is 0 Å². The minimum absolute atomic E-state index is 0.0291. The summed E-state index contributed by atoms with van der Waals surface area (Å²) in [7, 11) is 0. The van der Waals surface area contributed by atoms with Crippen LogP contribution in [0.3, 0.4) is 0 Å². The lowest BCUT2D eigenvalue weighted by Crippen LogP contribution is -2.44. The van der Waals surface area contributed by atoms with Gasteiger partial charge in [0, 0.05) is 11.9 Å². The molecule has 2 fully saturated rings. The lowest BCUT2D eigenvalue weighted by molar-refractivity contribution is 0.180. The number of nitrogens with one attached hydrogen (secondary N) is 2. The minimum Gasteiger partial charge on any atom is -0.306 e. The van der Waals surface area contributed by atoms with Crippen molar-refractivity contribution in [2.75, 3.05) is 6.54 Å². The van der Waals surface area contributed by atoms with Crippen molar-refractivity contribution in [2.24, 2.45) is 0 Å². The molecule has 0 spiro atoms. The first-order chi connectivity index (χ1) is 5.27. The molecule has 2 heterocycles. The second kappa shape index (κ2) is 2.53. The van der Waals surface area contributed by atoms with E-state index in [0.29, 0.717) is 0 Å². The Morgan fingerprint density at radius 3 is 3.27 bits per heavy atom. The molecule has 11 heavy (non-hydrogen) atoms. The number of fused-ring (bicyclic) bond motifs is 1. The van der Waals surface area contributed by atoms with Gasteiger partial charge in [-0.2, -0.15) is 0 Å². The number of amides is 2. The predicted octanol–water partition coefficient (Wildman–Crippen LogP) is 0.244. The number of hydrogen-bond donors (Lipinski definition) is 2. The zero-order chi connectivity index (χ0) is 7.84. The fourth-order valence-electron chi connectivity index (χ4n) is 1.52. The largest absolute Gasteiger partial charge is 0.333 e. The molecule has 2 aliphatic heterocycles. The minimum atomic E-state index is -0.0291. The summed E-state index contributed by atoms with van der Waals surface area (Å²) in [6.07, 6.45) is 1.84. The van der Waals surface area contributed by atoms with Crippen molar-refractivity contribution >= 4 is 17.6 Å². The highest BCUT2D eigenvalue weighted by Crippen LogP contribution is 2.21. The number of rotatable bonds is 0. The molecule has 0 aromatic carbocycles. The standard InChI is InChI=1S/C6H10ClN3O/c7-4-1-2-10-5(3-4)8-9-6(10)11/h4-5,8H,1-3H2,(H,9,11). The van der Waals surface area contributed by atoms with E-state index in [4.69, 9.17) is 11.6 Å². The summed E-state index contributed by atoms with van der Waals surface area (Å²) in [6, 6.07) is -0.0291. The molecule has 2 aliphatic rings. The van der Waals surface area contributed by atoms with Crippen molar-refractivity contribution in [3.63, 3.8) is 0 Å². The third-order valence-corrected chi connectivity index (χ3v) is 2.54. The Bertz CT molecular complexity index is 187. The normalized spacial score (nSPS) is 36.8. The van der Waals surface area contributed by atoms with Gasteiger partial charge in [0.05, 0.1) is 0 Å². The third-order valence-electron chi connectivity index (χ3n) is 2.15. The maximum absolute atomic E-state index is 11.0. The number of carbonyl (C=O) groups excluding carboxylic acids is 1. The van der Waals surface area contributed by atoms with E-state index in [1.165, 1.54) is 0 Å². The molecule has 2 unspecified atom stereocenters. The third kappa shape index (κ3) is 1.16. The first-order valence-electron chi connectivity index (χ1n) is 3.73. The van der Waals surface area contributed by atoms with Gasteiger partial charge in [-0.15, -0.1) is 11.6 Å². The van der Waals surface area contributed by atoms with Crippen LogP contribution in [0, 0.1) is 0 Å². The van der Waals surface area contributed by atoms with Gasteiger partial charge < -0.3 is 4.90 Å². The smallest absolute Gasteiger partial charge is 0.306 e. The van der Waals surface area contributed by atoms with Crippen LogP contribution in [0.2, 0.25) is 0 Å². The first kappa shape index (κ1) is 7.18. The van der Waals surface area contributed by atoms with Crippen molar-refractivity contribution in [2.45, 2.75) is 24.4 Å². The molecule has 0 radical (unpaired) electrons. The quantitative estimate of drug-likeness (QED) is 0.519. The van der Waals surface area contributed by atoms with Gasteiger partial charge in [0.25, 0.3) is 0 Å². The predicted molar refractivity (Wildman–Crippen MR) is 41.0 cm³/mol. The molecule has 2 atom stereocenters. The highest BCUT2D eigenvalue weighted by Gasteiger charge is 2.35. The summed E-state index contributed by atoms with van der Waals surface area (Å²) in [5.41, 5.74) is 5.44. The van der Waals surface area contributed by atoms with Crippen molar-refractivity contribution in [1.82, 2.24) is 15.8 Å². The Hall–Kier alpha value is -0.480. The van der Waals surface area contributed by atoms with Gasteiger partial charge in [-0.05, 0) is 12.8 Å². The lowest BCUT2D eigenvalue weighted by atomic mass is 10.1. The molecule has 2 saturated heterocycles. The fraction of sp³-hybridized carbons (Fsp3) is 0.833. The maximum atomic E-state index is 11.0. The number of hydrazine groups is 1. The van der Waals surface area contributed by atoms with E-state index in [0.717, 1.165) is 19.4 Å². The van der Waals surface area contributed by atoms with E-state index in [1.54, 1.807) is 4.90 Å². The molecule has 0 saturated carbocycles. The molecular formula is C6H10ClN3O. The van der Waals surface area contributed by atoms with Crippen LogP contribution in [-0.4, -0.2) is 29.0 Å². The van der Waals surface area contributed by atoms with Gasteiger partial charge >= 0.3 is 6.03 Å². The highest BCUT2D eigenvalue weighted by molar-refractivity contribution is 6.20. The van der Waals surface area contributed by atoms with Crippen LogP contribution in [0.1, 0.15) is 12.8 Å². The zero-order valence-corrected chi connectivity index (χ0v) is 6.77. The van der Waals surface area contributed by atoms with E-state index < -0.39 is 0 Å². The Labute approximate surface area is 69.8 Å². The Morgan fingerprint density at radius 2 is 2.45 bits per heavy atom. The van der Waals surface area contributed by atoms with Crippen LogP contribution in [0.4, 0.5) is 4.79 Å². The number of carbonyl (C=O) groups is 1. The lowest BCUT2D eigenvalue weighted by Gasteiger charge is -2.29. The van der Waals surface area contributed by atoms with E-state index in [1.807, 2.05) is 0 Å². The molecule has 0 bridgehead atoms. The number of piperidine rings is 1. The van der Waals surface area contributed by atoms with Gasteiger partial charge in [-0.1, -0.05) is 0 Å².